The molecule has 0 unspecified atom stereocenters. The number of hydrazone groups is 1. The van der Waals surface area contributed by atoms with Crippen LogP contribution in [0, 0.1) is 0 Å². The quantitative estimate of drug-likeness (QED) is 0.455. The summed E-state index contributed by atoms with van der Waals surface area (Å²) in [5.41, 5.74) is 4.47. The third-order valence-electron chi connectivity index (χ3n) is 5.37. The summed E-state index contributed by atoms with van der Waals surface area (Å²) in [6, 6.07) is 15.5. The molecular formula is C25H28N2O4. The van der Waals surface area contributed by atoms with Crippen molar-refractivity contribution in [2.24, 2.45) is 5.10 Å². The molecule has 162 valence electrons. The summed E-state index contributed by atoms with van der Waals surface area (Å²) in [7, 11) is 0. The van der Waals surface area contributed by atoms with Crippen LogP contribution in [0.1, 0.15) is 60.2 Å². The standard InChI is InChI=1S/C25H28N2O4/c1-3-18-10-11-19(4-2)21(16-18)23(28)17-31-25(30)13-12-24(29)27-15-14-22(26-27)20-8-6-5-7-9-20/h5-11,16H,3-4,12-15,17H2,1-2H3. The minimum atomic E-state index is -0.558. The Morgan fingerprint density at radius 3 is 2.48 bits per heavy atom. The Kier molecular flexibility index (Phi) is 7.70. The highest BCUT2D eigenvalue weighted by Crippen LogP contribution is 2.16. The van der Waals surface area contributed by atoms with Crippen molar-refractivity contribution in [1.82, 2.24) is 5.01 Å². The lowest BCUT2D eigenvalue weighted by molar-refractivity contribution is -0.145. The van der Waals surface area contributed by atoms with Crippen LogP contribution in [0.15, 0.2) is 53.6 Å². The van der Waals surface area contributed by atoms with Crippen molar-refractivity contribution in [3.63, 3.8) is 0 Å². The lowest BCUT2D eigenvalue weighted by Crippen LogP contribution is -2.24. The summed E-state index contributed by atoms with van der Waals surface area (Å²) < 4.78 is 5.14. The molecule has 0 aliphatic carbocycles. The summed E-state index contributed by atoms with van der Waals surface area (Å²) in [5.74, 6) is -1.00. The molecule has 2 aromatic carbocycles. The molecule has 1 aliphatic heterocycles. The summed E-state index contributed by atoms with van der Waals surface area (Å²) in [6.07, 6.45) is 2.18. The van der Waals surface area contributed by atoms with Crippen LogP contribution in [0.2, 0.25) is 0 Å². The van der Waals surface area contributed by atoms with Gasteiger partial charge in [0, 0.05) is 18.4 Å². The number of esters is 1. The van der Waals surface area contributed by atoms with E-state index in [1.807, 2.05) is 62.4 Å². The van der Waals surface area contributed by atoms with Crippen molar-refractivity contribution in [2.45, 2.75) is 46.0 Å². The number of benzene rings is 2. The molecule has 31 heavy (non-hydrogen) atoms. The second-order valence-corrected chi connectivity index (χ2v) is 7.46. The fraction of sp³-hybridized carbons (Fsp3) is 0.360. The van der Waals surface area contributed by atoms with Crippen molar-refractivity contribution >= 4 is 23.4 Å². The summed E-state index contributed by atoms with van der Waals surface area (Å²) in [4.78, 5) is 37.0. The fourth-order valence-corrected chi connectivity index (χ4v) is 3.52. The second kappa shape index (κ2) is 10.7. The maximum Gasteiger partial charge on any atom is 0.306 e. The molecule has 1 amide bonds. The van der Waals surface area contributed by atoms with Gasteiger partial charge in [0.25, 0.3) is 0 Å². The molecule has 0 N–H and O–H groups in total. The molecule has 0 atom stereocenters. The van der Waals surface area contributed by atoms with Crippen LogP contribution in [0.4, 0.5) is 0 Å². The van der Waals surface area contributed by atoms with Crippen LogP contribution in [0.25, 0.3) is 0 Å². The summed E-state index contributed by atoms with van der Waals surface area (Å²) in [6.45, 7) is 4.20. The van der Waals surface area contributed by atoms with E-state index in [9.17, 15) is 14.4 Å². The molecule has 0 spiro atoms. The molecular weight excluding hydrogens is 392 g/mol. The largest absolute Gasteiger partial charge is 0.457 e. The zero-order valence-electron chi connectivity index (χ0n) is 18.1. The molecule has 0 saturated heterocycles. The van der Waals surface area contributed by atoms with E-state index < -0.39 is 5.97 Å². The number of ketones is 1. The summed E-state index contributed by atoms with van der Waals surface area (Å²) in [5, 5.41) is 5.79. The normalized spacial score (nSPS) is 13.1. The van der Waals surface area contributed by atoms with E-state index in [2.05, 4.69) is 5.10 Å². The van der Waals surface area contributed by atoms with Crippen LogP contribution >= 0.6 is 0 Å². The van der Waals surface area contributed by atoms with Gasteiger partial charge < -0.3 is 4.74 Å². The van der Waals surface area contributed by atoms with Gasteiger partial charge in [-0.15, -0.1) is 0 Å². The van der Waals surface area contributed by atoms with Crippen molar-refractivity contribution < 1.29 is 19.1 Å². The first-order valence-corrected chi connectivity index (χ1v) is 10.8. The molecule has 2 aromatic rings. The number of hydrogen-bond acceptors (Lipinski definition) is 5. The van der Waals surface area contributed by atoms with Gasteiger partial charge in [-0.2, -0.15) is 5.10 Å². The van der Waals surface area contributed by atoms with Crippen LogP contribution in [-0.4, -0.2) is 41.5 Å². The van der Waals surface area contributed by atoms with Gasteiger partial charge in [0.15, 0.2) is 6.61 Å². The van der Waals surface area contributed by atoms with Gasteiger partial charge in [0.05, 0.1) is 18.7 Å². The molecule has 6 nitrogen and oxygen atoms in total. The number of carbonyl (C=O) groups excluding carboxylic acids is 3. The third-order valence-corrected chi connectivity index (χ3v) is 5.37. The number of nitrogens with zero attached hydrogens (tertiary/aromatic N) is 2. The molecule has 0 fully saturated rings. The summed E-state index contributed by atoms with van der Waals surface area (Å²) >= 11 is 0. The van der Waals surface area contributed by atoms with Crippen molar-refractivity contribution in [3.8, 4) is 0 Å². The van der Waals surface area contributed by atoms with E-state index >= 15 is 0 Å². The number of ether oxygens (including phenoxy) is 1. The first-order valence-electron chi connectivity index (χ1n) is 10.8. The Morgan fingerprint density at radius 1 is 1.00 bits per heavy atom. The van der Waals surface area contributed by atoms with Gasteiger partial charge in [-0.25, -0.2) is 5.01 Å². The average molecular weight is 421 g/mol. The van der Waals surface area contributed by atoms with Crippen molar-refractivity contribution in [1.29, 1.82) is 0 Å². The van der Waals surface area contributed by atoms with Crippen LogP contribution < -0.4 is 0 Å². The van der Waals surface area contributed by atoms with Gasteiger partial charge >= 0.3 is 5.97 Å². The van der Waals surface area contributed by atoms with Crippen LogP contribution in [0.5, 0.6) is 0 Å². The average Bonchev–Trinajstić information content (AvgIpc) is 3.31. The van der Waals surface area contributed by atoms with Crippen molar-refractivity contribution in [3.05, 3.63) is 70.8 Å². The van der Waals surface area contributed by atoms with Gasteiger partial charge in [-0.3, -0.25) is 14.4 Å². The number of hydrogen-bond donors (Lipinski definition) is 0. The Labute approximate surface area is 182 Å². The number of carbonyl (C=O) groups is 3. The highest BCUT2D eigenvalue weighted by Gasteiger charge is 2.22. The van der Waals surface area contributed by atoms with Gasteiger partial charge in [-0.05, 0) is 35.6 Å². The minimum absolute atomic E-state index is 0.00409. The molecule has 0 radical (unpaired) electrons. The van der Waals surface area contributed by atoms with Crippen LogP contribution in [-0.2, 0) is 27.2 Å². The van der Waals surface area contributed by atoms with E-state index in [1.54, 1.807) is 0 Å². The smallest absolute Gasteiger partial charge is 0.306 e. The van der Waals surface area contributed by atoms with Crippen molar-refractivity contribution in [2.75, 3.05) is 13.2 Å². The van der Waals surface area contributed by atoms with Crippen LogP contribution in [0.3, 0.4) is 0 Å². The maximum atomic E-state index is 12.5. The number of rotatable bonds is 9. The fourth-order valence-electron chi connectivity index (χ4n) is 3.52. The second-order valence-electron chi connectivity index (χ2n) is 7.46. The van der Waals surface area contributed by atoms with Gasteiger partial charge in [0.1, 0.15) is 0 Å². The number of amides is 1. The molecule has 0 saturated carbocycles. The lowest BCUT2D eigenvalue weighted by Gasteiger charge is -2.12. The molecule has 6 heteroatoms. The Morgan fingerprint density at radius 2 is 1.77 bits per heavy atom. The highest BCUT2D eigenvalue weighted by molar-refractivity contribution is 6.02. The van der Waals surface area contributed by atoms with E-state index in [4.69, 9.17) is 4.74 Å². The Balaban J connectivity index is 1.48. The predicted octanol–water partition coefficient (Wildman–Crippen LogP) is 3.95. The Bertz CT molecular complexity index is 982. The van der Waals surface area contributed by atoms with E-state index in [-0.39, 0.29) is 31.1 Å². The van der Waals surface area contributed by atoms with E-state index in [0.29, 0.717) is 18.5 Å². The molecule has 0 bridgehead atoms. The van der Waals surface area contributed by atoms with E-state index in [0.717, 1.165) is 35.2 Å². The predicted molar refractivity (Wildman–Crippen MR) is 119 cm³/mol. The zero-order valence-corrected chi connectivity index (χ0v) is 18.1. The monoisotopic (exact) mass is 420 g/mol. The lowest BCUT2D eigenvalue weighted by atomic mass is 9.98. The zero-order chi connectivity index (χ0) is 22.2. The Hall–Kier alpha value is -3.28. The number of Topliss-reactive ketones (excluding diaryl/α,β-unsaturated/α-hetero) is 1. The molecule has 1 aliphatic rings. The highest BCUT2D eigenvalue weighted by atomic mass is 16.5. The SMILES string of the molecule is CCc1ccc(CC)c(C(=O)COC(=O)CCC(=O)N2CCC(c3ccccc3)=N2)c1. The maximum absolute atomic E-state index is 12.5. The third kappa shape index (κ3) is 5.87. The van der Waals surface area contributed by atoms with Gasteiger partial charge in [-0.1, -0.05) is 56.3 Å². The van der Waals surface area contributed by atoms with Gasteiger partial charge in [0.2, 0.25) is 11.7 Å². The topological polar surface area (TPSA) is 76.0 Å². The number of aryl methyl sites for hydroxylation is 2. The molecule has 3 rings (SSSR count). The first-order chi connectivity index (χ1) is 15.0. The van der Waals surface area contributed by atoms with E-state index in [1.165, 1.54) is 5.01 Å². The molecule has 0 aromatic heterocycles. The minimum Gasteiger partial charge on any atom is -0.457 e. The molecule has 1 heterocycles. The first kappa shape index (κ1) is 22.4.